The van der Waals surface area contributed by atoms with Crippen molar-refractivity contribution < 1.29 is 9.53 Å². The van der Waals surface area contributed by atoms with Crippen LogP contribution in [0, 0.1) is 5.92 Å². The van der Waals surface area contributed by atoms with E-state index in [1.165, 1.54) is 4.88 Å². The second kappa shape index (κ2) is 5.82. The number of nitrogens with zero attached hydrogens (tertiary/aromatic N) is 1. The third-order valence-corrected chi connectivity index (χ3v) is 5.21. The fourth-order valence-electron chi connectivity index (χ4n) is 3.11. The summed E-state index contributed by atoms with van der Waals surface area (Å²) in [6.07, 6.45) is 0. The van der Waals surface area contributed by atoms with Gasteiger partial charge in [-0.15, -0.1) is 11.3 Å². The molecule has 0 saturated carbocycles. The normalized spacial score (nSPS) is 24.2. The molecule has 0 spiro atoms. The lowest BCUT2D eigenvalue weighted by molar-refractivity contribution is -0.132. The minimum absolute atomic E-state index is 0.0742. The molecule has 1 aliphatic heterocycles. The van der Waals surface area contributed by atoms with Crippen LogP contribution in [-0.4, -0.2) is 34.5 Å². The van der Waals surface area contributed by atoms with Crippen molar-refractivity contribution >= 4 is 17.1 Å². The second-order valence-corrected chi connectivity index (χ2v) is 8.27. The molecule has 21 heavy (non-hydrogen) atoms. The standard InChI is InChI=1S/C17H27NO2S/c1-12(2)18(10-13-8-7-9-21-13)11-14-15(19)17(5,6)20-16(14,3)4/h7-9,12,14H,10-11H2,1-6H3. The van der Waals surface area contributed by atoms with Crippen LogP contribution in [-0.2, 0) is 16.1 Å². The fraction of sp³-hybridized carbons (Fsp3) is 0.706. The molecule has 1 atom stereocenters. The predicted molar refractivity (Wildman–Crippen MR) is 87.6 cm³/mol. The number of thiophene rings is 1. The Kier molecular flexibility index (Phi) is 4.62. The van der Waals surface area contributed by atoms with Gasteiger partial charge in [-0.25, -0.2) is 0 Å². The molecule has 1 saturated heterocycles. The Morgan fingerprint density at radius 1 is 1.33 bits per heavy atom. The first-order chi connectivity index (χ1) is 9.63. The van der Waals surface area contributed by atoms with Gasteiger partial charge in [0, 0.05) is 24.0 Å². The maximum absolute atomic E-state index is 12.7. The van der Waals surface area contributed by atoms with Gasteiger partial charge in [0.25, 0.3) is 0 Å². The highest BCUT2D eigenvalue weighted by Gasteiger charge is 2.53. The van der Waals surface area contributed by atoms with Gasteiger partial charge >= 0.3 is 0 Å². The van der Waals surface area contributed by atoms with Gasteiger partial charge in [-0.1, -0.05) is 6.07 Å². The van der Waals surface area contributed by atoms with E-state index in [9.17, 15) is 4.79 Å². The summed E-state index contributed by atoms with van der Waals surface area (Å²) >= 11 is 1.77. The topological polar surface area (TPSA) is 29.5 Å². The molecule has 2 heterocycles. The molecule has 0 amide bonds. The summed E-state index contributed by atoms with van der Waals surface area (Å²) in [6, 6.07) is 4.64. The summed E-state index contributed by atoms with van der Waals surface area (Å²) in [7, 11) is 0. The van der Waals surface area contributed by atoms with Crippen molar-refractivity contribution in [2.75, 3.05) is 6.54 Å². The lowest BCUT2D eigenvalue weighted by Crippen LogP contribution is -2.43. The van der Waals surface area contributed by atoms with Gasteiger partial charge in [-0.05, 0) is 53.0 Å². The van der Waals surface area contributed by atoms with Crippen molar-refractivity contribution in [1.29, 1.82) is 0 Å². The summed E-state index contributed by atoms with van der Waals surface area (Å²) in [5.74, 6) is 0.152. The number of Topliss-reactive ketones (excluding diaryl/α,β-unsaturated/α-hetero) is 1. The number of hydrogen-bond donors (Lipinski definition) is 0. The summed E-state index contributed by atoms with van der Waals surface area (Å²) in [4.78, 5) is 16.4. The zero-order valence-electron chi connectivity index (χ0n) is 14.0. The van der Waals surface area contributed by atoms with Crippen LogP contribution in [0.5, 0.6) is 0 Å². The van der Waals surface area contributed by atoms with Crippen molar-refractivity contribution in [2.24, 2.45) is 5.92 Å². The molecule has 0 bridgehead atoms. The highest BCUT2D eigenvalue weighted by Crippen LogP contribution is 2.39. The Morgan fingerprint density at radius 2 is 2.00 bits per heavy atom. The SMILES string of the molecule is CC(C)N(Cc1cccs1)CC1C(=O)C(C)(C)OC1(C)C. The summed E-state index contributed by atoms with van der Waals surface area (Å²) in [5, 5.41) is 2.10. The third kappa shape index (κ3) is 3.55. The lowest BCUT2D eigenvalue weighted by Gasteiger charge is -2.32. The highest BCUT2D eigenvalue weighted by molar-refractivity contribution is 7.09. The van der Waals surface area contributed by atoms with E-state index in [0.29, 0.717) is 6.04 Å². The van der Waals surface area contributed by atoms with Gasteiger partial charge in [-0.2, -0.15) is 0 Å². The molecule has 1 fully saturated rings. The molecule has 1 aliphatic rings. The molecule has 118 valence electrons. The quantitative estimate of drug-likeness (QED) is 0.830. The monoisotopic (exact) mass is 309 g/mol. The van der Waals surface area contributed by atoms with Crippen molar-refractivity contribution in [3.05, 3.63) is 22.4 Å². The number of rotatable bonds is 5. The van der Waals surface area contributed by atoms with Crippen molar-refractivity contribution in [2.45, 2.75) is 65.3 Å². The minimum Gasteiger partial charge on any atom is -0.361 e. The Balaban J connectivity index is 2.15. The van der Waals surface area contributed by atoms with E-state index in [1.807, 2.05) is 27.7 Å². The van der Waals surface area contributed by atoms with Crippen LogP contribution in [0.2, 0.25) is 0 Å². The first kappa shape index (κ1) is 16.7. The highest BCUT2D eigenvalue weighted by atomic mass is 32.1. The molecule has 0 aromatic carbocycles. The van der Waals surface area contributed by atoms with Gasteiger partial charge in [0.1, 0.15) is 5.60 Å². The van der Waals surface area contributed by atoms with E-state index in [0.717, 1.165) is 13.1 Å². The summed E-state index contributed by atoms with van der Waals surface area (Å²) in [6.45, 7) is 13.9. The van der Waals surface area contributed by atoms with Gasteiger partial charge in [-0.3, -0.25) is 9.69 Å². The van der Waals surface area contributed by atoms with Gasteiger partial charge < -0.3 is 4.74 Å². The smallest absolute Gasteiger partial charge is 0.171 e. The number of carbonyl (C=O) groups is 1. The van der Waals surface area contributed by atoms with Crippen LogP contribution in [0.15, 0.2) is 17.5 Å². The molecule has 0 N–H and O–H groups in total. The lowest BCUT2D eigenvalue weighted by atomic mass is 9.85. The largest absolute Gasteiger partial charge is 0.361 e. The third-order valence-electron chi connectivity index (χ3n) is 4.35. The van der Waals surface area contributed by atoms with E-state index in [4.69, 9.17) is 4.74 Å². The van der Waals surface area contributed by atoms with E-state index in [2.05, 4.69) is 36.3 Å². The van der Waals surface area contributed by atoms with Crippen LogP contribution in [0.4, 0.5) is 0 Å². The van der Waals surface area contributed by atoms with Crippen molar-refractivity contribution in [3.63, 3.8) is 0 Å². The molecule has 4 heteroatoms. The fourth-order valence-corrected chi connectivity index (χ4v) is 3.84. The van der Waals surface area contributed by atoms with E-state index in [1.54, 1.807) is 11.3 Å². The van der Waals surface area contributed by atoms with Gasteiger partial charge in [0.15, 0.2) is 5.78 Å². The molecular weight excluding hydrogens is 282 g/mol. The zero-order valence-corrected chi connectivity index (χ0v) is 14.8. The zero-order chi connectivity index (χ0) is 15.8. The average Bonchev–Trinajstić information content (AvgIpc) is 2.88. The second-order valence-electron chi connectivity index (χ2n) is 7.24. The summed E-state index contributed by atoms with van der Waals surface area (Å²) < 4.78 is 6.00. The Morgan fingerprint density at radius 3 is 2.43 bits per heavy atom. The molecule has 1 aromatic rings. The predicted octanol–water partition coefficient (Wildman–Crippen LogP) is 3.73. The van der Waals surface area contributed by atoms with E-state index >= 15 is 0 Å². The van der Waals surface area contributed by atoms with Crippen molar-refractivity contribution in [1.82, 2.24) is 4.90 Å². The molecule has 0 aliphatic carbocycles. The molecule has 1 aromatic heterocycles. The Hall–Kier alpha value is -0.710. The average molecular weight is 309 g/mol. The molecule has 2 rings (SSSR count). The van der Waals surface area contributed by atoms with Crippen LogP contribution in [0.1, 0.15) is 46.4 Å². The van der Waals surface area contributed by atoms with Crippen LogP contribution in [0.25, 0.3) is 0 Å². The minimum atomic E-state index is -0.667. The first-order valence-corrected chi connectivity index (χ1v) is 8.52. The summed E-state index contributed by atoms with van der Waals surface area (Å²) in [5.41, 5.74) is -1.07. The van der Waals surface area contributed by atoms with Crippen molar-refractivity contribution in [3.8, 4) is 0 Å². The molecular formula is C17H27NO2S. The van der Waals surface area contributed by atoms with Gasteiger partial charge in [0.2, 0.25) is 0 Å². The van der Waals surface area contributed by atoms with E-state index in [-0.39, 0.29) is 11.7 Å². The number of ether oxygens (including phenoxy) is 1. The van der Waals surface area contributed by atoms with Crippen LogP contribution < -0.4 is 0 Å². The molecule has 1 unspecified atom stereocenters. The maximum atomic E-state index is 12.7. The number of carbonyl (C=O) groups excluding carboxylic acids is 1. The number of ketones is 1. The van der Waals surface area contributed by atoms with Crippen LogP contribution >= 0.6 is 11.3 Å². The molecule has 3 nitrogen and oxygen atoms in total. The Labute approximate surface area is 132 Å². The van der Waals surface area contributed by atoms with Crippen LogP contribution in [0.3, 0.4) is 0 Å². The first-order valence-electron chi connectivity index (χ1n) is 7.64. The van der Waals surface area contributed by atoms with Gasteiger partial charge in [0.05, 0.1) is 11.5 Å². The Bertz CT molecular complexity index is 491. The molecule has 0 radical (unpaired) electrons. The van der Waals surface area contributed by atoms with E-state index < -0.39 is 11.2 Å². The maximum Gasteiger partial charge on any atom is 0.171 e. The number of hydrogen-bond acceptors (Lipinski definition) is 4.